The zero-order valence-electron chi connectivity index (χ0n) is 18.2. The summed E-state index contributed by atoms with van der Waals surface area (Å²) in [6.07, 6.45) is 9.07. The minimum Gasteiger partial charge on any atom is -0.454 e. The van der Waals surface area contributed by atoms with E-state index in [0.717, 1.165) is 17.9 Å². The standard InChI is InChI=1S/C25H26N2O2P2/c1-16-13-20-15-21-14-17(2)19(4)25(29-31-27-11-7-8-12-27)23(21)22(20)24(18(16)3)28-30-26-9-5-6-10-26/h5-14,30-31H,15H2,1-4H3. The Morgan fingerprint density at radius 3 is 1.42 bits per heavy atom. The van der Waals surface area contributed by atoms with Gasteiger partial charge in [-0.05, 0) is 91.8 Å². The lowest BCUT2D eigenvalue weighted by Crippen LogP contribution is -1.98. The van der Waals surface area contributed by atoms with E-state index < -0.39 is 0 Å². The minimum absolute atomic E-state index is 0.208. The van der Waals surface area contributed by atoms with E-state index in [2.05, 4.69) is 48.5 Å². The van der Waals surface area contributed by atoms with Gasteiger partial charge in [0.25, 0.3) is 0 Å². The van der Waals surface area contributed by atoms with Crippen molar-refractivity contribution >= 4 is 17.9 Å². The van der Waals surface area contributed by atoms with Gasteiger partial charge in [0.2, 0.25) is 0 Å². The molecule has 158 valence electrons. The fourth-order valence-electron chi connectivity index (χ4n) is 4.18. The molecule has 2 unspecified atom stereocenters. The van der Waals surface area contributed by atoms with Crippen LogP contribution in [0, 0.1) is 27.7 Å². The fraction of sp³-hybridized carbons (Fsp3) is 0.200. The van der Waals surface area contributed by atoms with E-state index in [9.17, 15) is 0 Å². The third-order valence-electron chi connectivity index (χ3n) is 6.09. The molecule has 2 heterocycles. The number of hydrogen-bond donors (Lipinski definition) is 0. The average molecular weight is 448 g/mol. The molecule has 0 radical (unpaired) electrons. The lowest BCUT2D eigenvalue weighted by molar-refractivity contribution is 0.609. The molecule has 0 amide bonds. The molecule has 6 heteroatoms. The zero-order valence-corrected chi connectivity index (χ0v) is 20.2. The number of hydrogen-bond acceptors (Lipinski definition) is 2. The van der Waals surface area contributed by atoms with Crippen molar-refractivity contribution in [3.63, 3.8) is 0 Å². The average Bonchev–Trinajstić information content (AvgIpc) is 3.50. The fourth-order valence-corrected chi connectivity index (χ4v) is 5.67. The molecule has 0 saturated heterocycles. The van der Waals surface area contributed by atoms with Crippen molar-refractivity contribution in [2.75, 3.05) is 0 Å². The van der Waals surface area contributed by atoms with Gasteiger partial charge in [-0.25, -0.2) is 0 Å². The molecule has 2 atom stereocenters. The van der Waals surface area contributed by atoms with Gasteiger partial charge in [0.1, 0.15) is 11.5 Å². The van der Waals surface area contributed by atoms with Crippen molar-refractivity contribution in [2.45, 2.75) is 34.1 Å². The van der Waals surface area contributed by atoms with Gasteiger partial charge in [0, 0.05) is 35.9 Å². The highest BCUT2D eigenvalue weighted by Gasteiger charge is 2.30. The van der Waals surface area contributed by atoms with Gasteiger partial charge in [-0.3, -0.25) is 0 Å². The Bertz CT molecular complexity index is 1150. The van der Waals surface area contributed by atoms with Crippen LogP contribution in [0.15, 0.2) is 61.2 Å². The molecule has 0 spiro atoms. The second kappa shape index (κ2) is 8.19. The SMILES string of the molecule is Cc1cc2c(c(OPn3cccc3)c1C)-c1c(cc(C)c(C)c1OPn1cccc1)C2. The lowest BCUT2D eigenvalue weighted by atomic mass is 9.95. The number of rotatable bonds is 6. The van der Waals surface area contributed by atoms with Crippen LogP contribution < -0.4 is 9.05 Å². The molecule has 2 aromatic carbocycles. The summed E-state index contributed by atoms with van der Waals surface area (Å²) in [4.78, 5) is 0. The van der Waals surface area contributed by atoms with Crippen LogP contribution in [-0.4, -0.2) is 8.68 Å². The molecule has 31 heavy (non-hydrogen) atoms. The Hall–Kier alpha value is -2.54. The van der Waals surface area contributed by atoms with E-state index in [4.69, 9.17) is 9.05 Å². The van der Waals surface area contributed by atoms with Crippen molar-refractivity contribution in [3.8, 4) is 22.6 Å². The highest BCUT2D eigenvalue weighted by Crippen LogP contribution is 2.53. The molecule has 1 aliphatic carbocycles. The maximum atomic E-state index is 6.47. The smallest absolute Gasteiger partial charge is 0.181 e. The molecule has 1 aliphatic rings. The summed E-state index contributed by atoms with van der Waals surface area (Å²) in [6, 6.07) is 12.7. The second-order valence-electron chi connectivity index (χ2n) is 8.11. The first kappa shape index (κ1) is 20.4. The van der Waals surface area contributed by atoms with Gasteiger partial charge in [-0.2, -0.15) is 0 Å². The lowest BCUT2D eigenvalue weighted by Gasteiger charge is -2.20. The predicted octanol–water partition coefficient (Wildman–Crippen LogP) is 6.97. The summed E-state index contributed by atoms with van der Waals surface area (Å²) in [6.45, 7) is 8.66. The van der Waals surface area contributed by atoms with Crippen molar-refractivity contribution in [1.29, 1.82) is 0 Å². The largest absolute Gasteiger partial charge is 0.454 e. The van der Waals surface area contributed by atoms with Crippen LogP contribution in [0.3, 0.4) is 0 Å². The summed E-state index contributed by atoms with van der Waals surface area (Å²) >= 11 is 0. The maximum absolute atomic E-state index is 6.47. The summed E-state index contributed by atoms with van der Waals surface area (Å²) in [5, 5.41) is 0. The van der Waals surface area contributed by atoms with E-state index >= 15 is 0 Å². The van der Waals surface area contributed by atoms with Crippen LogP contribution in [0.25, 0.3) is 11.1 Å². The van der Waals surface area contributed by atoms with Gasteiger partial charge in [-0.1, -0.05) is 12.1 Å². The number of aryl methyl sites for hydroxylation is 2. The Kier molecular flexibility index (Phi) is 5.38. The predicted molar refractivity (Wildman–Crippen MR) is 131 cm³/mol. The monoisotopic (exact) mass is 448 g/mol. The molecular formula is C25H26N2O2P2. The van der Waals surface area contributed by atoms with Gasteiger partial charge in [-0.15, -0.1) is 0 Å². The first-order valence-electron chi connectivity index (χ1n) is 10.4. The van der Waals surface area contributed by atoms with E-state index in [1.54, 1.807) is 0 Å². The zero-order chi connectivity index (χ0) is 21.5. The highest BCUT2D eigenvalue weighted by atomic mass is 31.1. The number of benzene rings is 2. The van der Waals surface area contributed by atoms with Gasteiger partial charge >= 0.3 is 0 Å². The number of aromatic nitrogens is 2. The molecule has 2 aromatic heterocycles. The third-order valence-corrected chi connectivity index (χ3v) is 7.70. The number of fused-ring (bicyclic) bond motifs is 3. The summed E-state index contributed by atoms with van der Waals surface area (Å²) in [7, 11) is 0.416. The van der Waals surface area contributed by atoms with Crippen molar-refractivity contribution in [2.24, 2.45) is 0 Å². The Balaban J connectivity index is 1.62. The Morgan fingerprint density at radius 1 is 0.645 bits per heavy atom. The number of nitrogens with zero attached hydrogens (tertiary/aromatic N) is 2. The molecule has 0 fully saturated rings. The van der Waals surface area contributed by atoms with Crippen molar-refractivity contribution in [1.82, 2.24) is 8.68 Å². The molecule has 5 rings (SSSR count). The van der Waals surface area contributed by atoms with Crippen LogP contribution in [-0.2, 0) is 6.42 Å². The second-order valence-corrected chi connectivity index (χ2v) is 9.91. The third kappa shape index (κ3) is 3.69. The van der Waals surface area contributed by atoms with E-state index in [-0.39, 0.29) is 17.9 Å². The first-order valence-corrected chi connectivity index (χ1v) is 12.1. The van der Waals surface area contributed by atoms with Crippen LogP contribution >= 0.6 is 17.9 Å². The summed E-state index contributed by atoms with van der Waals surface area (Å²) in [5.41, 5.74) is 9.98. The molecule has 0 N–H and O–H groups in total. The van der Waals surface area contributed by atoms with Gasteiger partial charge in [0.15, 0.2) is 17.9 Å². The van der Waals surface area contributed by atoms with Crippen LogP contribution in [0.1, 0.15) is 33.4 Å². The molecular weight excluding hydrogens is 422 g/mol. The van der Waals surface area contributed by atoms with Crippen LogP contribution in [0.2, 0.25) is 0 Å². The summed E-state index contributed by atoms with van der Waals surface area (Å²) in [5.74, 6) is 1.97. The van der Waals surface area contributed by atoms with E-state index in [1.165, 1.54) is 44.5 Å². The molecule has 4 aromatic rings. The quantitative estimate of drug-likeness (QED) is 0.263. The Labute approximate surface area is 187 Å². The highest BCUT2D eigenvalue weighted by molar-refractivity contribution is 7.31. The van der Waals surface area contributed by atoms with Crippen LogP contribution in [0.4, 0.5) is 0 Å². The minimum atomic E-state index is 0.208. The van der Waals surface area contributed by atoms with Crippen molar-refractivity contribution in [3.05, 3.63) is 94.6 Å². The molecule has 0 aliphatic heterocycles. The van der Waals surface area contributed by atoms with Gasteiger partial charge in [0.05, 0.1) is 0 Å². The maximum Gasteiger partial charge on any atom is 0.181 e. The normalized spacial score (nSPS) is 12.8. The Morgan fingerprint density at radius 2 is 1.03 bits per heavy atom. The van der Waals surface area contributed by atoms with E-state index in [1.807, 2.05) is 49.1 Å². The first-order chi connectivity index (χ1) is 15.0. The van der Waals surface area contributed by atoms with Gasteiger partial charge < -0.3 is 17.7 Å². The van der Waals surface area contributed by atoms with Crippen molar-refractivity contribution < 1.29 is 9.05 Å². The van der Waals surface area contributed by atoms with Crippen LogP contribution in [0.5, 0.6) is 11.5 Å². The molecule has 4 nitrogen and oxygen atoms in total. The molecule has 0 saturated carbocycles. The molecule has 0 bridgehead atoms. The van der Waals surface area contributed by atoms with E-state index in [0.29, 0.717) is 0 Å². The topological polar surface area (TPSA) is 28.3 Å². The summed E-state index contributed by atoms with van der Waals surface area (Å²) < 4.78 is 17.1.